The fourth-order valence-electron chi connectivity index (χ4n) is 3.65. The number of rotatable bonds is 10. The SMILES string of the molecule is COc1cc(COc2c(Br)cc(/C=C(\C#N)C(=O)Nc3ccccc3)cc2Br)ccc1OCc1ccccc1. The molecule has 1 N–H and O–H groups in total. The summed E-state index contributed by atoms with van der Waals surface area (Å²) in [7, 11) is 1.60. The van der Waals surface area contributed by atoms with Gasteiger partial charge in [-0.3, -0.25) is 4.79 Å². The van der Waals surface area contributed by atoms with Crippen LogP contribution in [0.15, 0.2) is 106 Å². The highest BCUT2D eigenvalue weighted by Crippen LogP contribution is 2.37. The summed E-state index contributed by atoms with van der Waals surface area (Å²) in [6.07, 6.45) is 1.52. The smallest absolute Gasteiger partial charge is 0.266 e. The number of hydrogen-bond acceptors (Lipinski definition) is 5. The number of halogens is 2. The van der Waals surface area contributed by atoms with E-state index in [1.54, 1.807) is 31.4 Å². The number of ether oxygens (including phenoxy) is 3. The normalized spacial score (nSPS) is 10.9. The van der Waals surface area contributed by atoms with Gasteiger partial charge in [0, 0.05) is 5.69 Å². The van der Waals surface area contributed by atoms with Gasteiger partial charge in [0.1, 0.15) is 30.6 Å². The van der Waals surface area contributed by atoms with Crippen LogP contribution in [0.4, 0.5) is 5.69 Å². The summed E-state index contributed by atoms with van der Waals surface area (Å²) in [6.45, 7) is 0.722. The second kappa shape index (κ2) is 13.7. The minimum Gasteiger partial charge on any atom is -0.493 e. The molecule has 0 atom stereocenters. The topological polar surface area (TPSA) is 80.6 Å². The van der Waals surface area contributed by atoms with Crippen molar-refractivity contribution in [2.45, 2.75) is 13.2 Å². The van der Waals surface area contributed by atoms with Crippen molar-refractivity contribution in [3.63, 3.8) is 0 Å². The van der Waals surface area contributed by atoms with E-state index in [1.807, 2.05) is 72.8 Å². The van der Waals surface area contributed by atoms with Crippen LogP contribution in [0.25, 0.3) is 6.08 Å². The van der Waals surface area contributed by atoms with E-state index in [0.717, 1.165) is 11.1 Å². The van der Waals surface area contributed by atoms with Crippen LogP contribution in [-0.2, 0) is 18.0 Å². The summed E-state index contributed by atoms with van der Waals surface area (Å²) < 4.78 is 18.9. The summed E-state index contributed by atoms with van der Waals surface area (Å²) in [5.74, 6) is 1.36. The van der Waals surface area contributed by atoms with Gasteiger partial charge in [-0.05, 0) is 91.0 Å². The Morgan fingerprint density at radius 3 is 2.13 bits per heavy atom. The highest BCUT2D eigenvalue weighted by atomic mass is 79.9. The summed E-state index contributed by atoms with van der Waals surface area (Å²) in [4.78, 5) is 12.6. The maximum atomic E-state index is 12.6. The zero-order chi connectivity index (χ0) is 27.6. The van der Waals surface area contributed by atoms with Crippen molar-refractivity contribution in [3.05, 3.63) is 122 Å². The van der Waals surface area contributed by atoms with E-state index in [0.29, 0.717) is 44.1 Å². The Labute approximate surface area is 244 Å². The number of amides is 1. The van der Waals surface area contributed by atoms with Crippen molar-refractivity contribution < 1.29 is 19.0 Å². The van der Waals surface area contributed by atoms with Gasteiger partial charge < -0.3 is 19.5 Å². The van der Waals surface area contributed by atoms with E-state index in [9.17, 15) is 10.1 Å². The molecule has 0 aliphatic carbocycles. The molecule has 0 aromatic heterocycles. The number of carbonyl (C=O) groups is 1. The number of carbonyl (C=O) groups excluding carboxylic acids is 1. The van der Waals surface area contributed by atoms with Crippen LogP contribution in [0.3, 0.4) is 0 Å². The molecule has 0 unspecified atom stereocenters. The zero-order valence-electron chi connectivity index (χ0n) is 21.0. The minimum atomic E-state index is -0.485. The molecule has 39 heavy (non-hydrogen) atoms. The predicted octanol–water partition coefficient (Wildman–Crippen LogP) is 7.92. The third kappa shape index (κ3) is 7.73. The summed E-state index contributed by atoms with van der Waals surface area (Å²) >= 11 is 7.09. The summed E-state index contributed by atoms with van der Waals surface area (Å²) in [6, 6.07) is 30.1. The molecule has 0 aliphatic heterocycles. The largest absolute Gasteiger partial charge is 0.493 e. The number of nitriles is 1. The average Bonchev–Trinajstić information content (AvgIpc) is 2.95. The Hall–Kier alpha value is -4.06. The van der Waals surface area contributed by atoms with E-state index in [2.05, 4.69) is 37.2 Å². The Morgan fingerprint density at radius 1 is 0.846 bits per heavy atom. The lowest BCUT2D eigenvalue weighted by Gasteiger charge is -2.14. The molecule has 0 saturated carbocycles. The number of nitrogens with one attached hydrogen (secondary N) is 1. The maximum absolute atomic E-state index is 12.6. The molecule has 8 heteroatoms. The van der Waals surface area contributed by atoms with Gasteiger partial charge >= 0.3 is 0 Å². The van der Waals surface area contributed by atoms with Crippen LogP contribution in [0.5, 0.6) is 17.2 Å². The standard InChI is InChI=1S/C31H24Br2N2O4/c1-37-29-17-22(12-13-28(29)38-19-21-8-4-2-5-9-21)20-39-30-26(32)15-23(16-27(30)33)14-24(18-34)31(36)35-25-10-6-3-7-11-25/h2-17H,19-20H2,1H3,(H,35,36)/b24-14+. The first-order valence-electron chi connectivity index (χ1n) is 11.9. The number of methoxy groups -OCH3 is 1. The Balaban J connectivity index is 1.43. The molecule has 0 saturated heterocycles. The van der Waals surface area contributed by atoms with Crippen LogP contribution >= 0.6 is 31.9 Å². The number of benzene rings is 4. The third-order valence-corrected chi connectivity index (χ3v) is 6.75. The van der Waals surface area contributed by atoms with Crippen molar-refractivity contribution in [2.24, 2.45) is 0 Å². The first-order valence-corrected chi connectivity index (χ1v) is 13.5. The van der Waals surface area contributed by atoms with Crippen molar-refractivity contribution >= 4 is 49.5 Å². The summed E-state index contributed by atoms with van der Waals surface area (Å²) in [5, 5.41) is 12.3. The van der Waals surface area contributed by atoms with Gasteiger partial charge in [0.25, 0.3) is 5.91 Å². The van der Waals surface area contributed by atoms with Crippen LogP contribution < -0.4 is 19.5 Å². The van der Waals surface area contributed by atoms with Gasteiger partial charge in [-0.15, -0.1) is 0 Å². The van der Waals surface area contributed by atoms with Gasteiger partial charge in [-0.2, -0.15) is 5.26 Å². The van der Waals surface area contributed by atoms with Crippen molar-refractivity contribution in [1.29, 1.82) is 5.26 Å². The molecule has 196 valence electrons. The first-order chi connectivity index (χ1) is 19.0. The lowest BCUT2D eigenvalue weighted by Crippen LogP contribution is -2.13. The van der Waals surface area contributed by atoms with E-state index in [4.69, 9.17) is 14.2 Å². The molecule has 0 aliphatic rings. The Morgan fingerprint density at radius 2 is 1.49 bits per heavy atom. The van der Waals surface area contributed by atoms with Crippen LogP contribution in [0, 0.1) is 11.3 Å². The van der Waals surface area contributed by atoms with Crippen LogP contribution in [0.1, 0.15) is 16.7 Å². The van der Waals surface area contributed by atoms with Gasteiger partial charge in [-0.1, -0.05) is 54.6 Å². The molecule has 0 bridgehead atoms. The molecule has 4 rings (SSSR count). The number of hydrogen-bond donors (Lipinski definition) is 1. The molecular weight excluding hydrogens is 624 g/mol. The Bertz CT molecular complexity index is 1490. The van der Waals surface area contributed by atoms with Gasteiger partial charge in [0.05, 0.1) is 16.1 Å². The fourth-order valence-corrected chi connectivity index (χ4v) is 5.10. The minimum absolute atomic E-state index is 0.0204. The third-order valence-electron chi connectivity index (χ3n) is 5.58. The molecule has 0 fully saturated rings. The van der Waals surface area contributed by atoms with Crippen LogP contribution in [-0.4, -0.2) is 13.0 Å². The summed E-state index contributed by atoms with van der Waals surface area (Å²) in [5.41, 5.74) is 3.21. The molecule has 1 amide bonds. The highest BCUT2D eigenvalue weighted by Gasteiger charge is 2.14. The zero-order valence-corrected chi connectivity index (χ0v) is 24.2. The first kappa shape index (κ1) is 28.0. The highest BCUT2D eigenvalue weighted by molar-refractivity contribution is 9.11. The molecule has 0 spiro atoms. The van der Waals surface area contributed by atoms with E-state index in [-0.39, 0.29) is 12.2 Å². The number of anilines is 1. The van der Waals surface area contributed by atoms with Gasteiger partial charge in [0.15, 0.2) is 11.5 Å². The predicted molar refractivity (Wildman–Crippen MR) is 159 cm³/mol. The number of nitrogens with zero attached hydrogens (tertiary/aromatic N) is 1. The number of para-hydroxylation sites is 1. The monoisotopic (exact) mass is 646 g/mol. The van der Waals surface area contributed by atoms with E-state index in [1.165, 1.54) is 6.08 Å². The Kier molecular flexibility index (Phi) is 9.79. The lowest BCUT2D eigenvalue weighted by molar-refractivity contribution is -0.112. The van der Waals surface area contributed by atoms with Crippen molar-refractivity contribution in [3.8, 4) is 23.3 Å². The van der Waals surface area contributed by atoms with Crippen LogP contribution in [0.2, 0.25) is 0 Å². The molecule has 4 aromatic carbocycles. The second-order valence-electron chi connectivity index (χ2n) is 8.35. The molecule has 4 aromatic rings. The molecule has 0 radical (unpaired) electrons. The van der Waals surface area contributed by atoms with Crippen molar-refractivity contribution in [2.75, 3.05) is 12.4 Å². The molecular formula is C31H24Br2N2O4. The fraction of sp³-hybridized carbons (Fsp3) is 0.0968. The van der Waals surface area contributed by atoms with Gasteiger partial charge in [-0.25, -0.2) is 0 Å². The molecule has 6 nitrogen and oxygen atoms in total. The molecule has 0 heterocycles. The maximum Gasteiger partial charge on any atom is 0.266 e. The van der Waals surface area contributed by atoms with Gasteiger partial charge in [0.2, 0.25) is 0 Å². The lowest BCUT2D eigenvalue weighted by atomic mass is 10.1. The quantitative estimate of drug-likeness (QED) is 0.140. The second-order valence-corrected chi connectivity index (χ2v) is 10.1. The van der Waals surface area contributed by atoms with E-state index < -0.39 is 5.91 Å². The average molecular weight is 648 g/mol. The van der Waals surface area contributed by atoms with E-state index >= 15 is 0 Å². The van der Waals surface area contributed by atoms with Crippen molar-refractivity contribution in [1.82, 2.24) is 0 Å².